The third-order valence-electron chi connectivity index (χ3n) is 3.33. The smallest absolute Gasteiger partial charge is 0.217 e. The minimum absolute atomic E-state index is 0.268. The molecule has 0 aliphatic carbocycles. The zero-order valence-electron chi connectivity index (χ0n) is 12.4. The summed E-state index contributed by atoms with van der Waals surface area (Å²) in [6.07, 6.45) is 4.52. The number of imidazole rings is 1. The molecule has 3 heterocycles. The van der Waals surface area contributed by atoms with Gasteiger partial charge < -0.3 is 14.7 Å². The number of pyridine rings is 1. The monoisotopic (exact) mass is 350 g/mol. The van der Waals surface area contributed by atoms with E-state index in [2.05, 4.69) is 15.2 Å². The number of halogens is 1. The predicted molar refractivity (Wildman–Crippen MR) is 88.3 cm³/mol. The molecule has 0 atom stereocenters. The molecule has 3 rings (SSSR count). The minimum Gasteiger partial charge on any atom is -0.370 e. The number of nitrogens with zero attached hydrogens (tertiary/aromatic N) is 5. The van der Waals surface area contributed by atoms with Crippen LogP contribution in [0.4, 0.5) is 0 Å². The second kappa shape index (κ2) is 6.59. The maximum absolute atomic E-state index is 10.9. The SMILES string of the molecule is Cn1c(CCC(N)=O)nnc1SCc1cn2cc(Cl)ccc2n1. The van der Waals surface area contributed by atoms with Gasteiger partial charge in [0.25, 0.3) is 0 Å². The van der Waals surface area contributed by atoms with Crippen molar-refractivity contribution in [2.24, 2.45) is 12.8 Å². The van der Waals surface area contributed by atoms with E-state index in [1.54, 1.807) is 0 Å². The van der Waals surface area contributed by atoms with Crippen molar-refractivity contribution < 1.29 is 4.79 Å². The summed E-state index contributed by atoms with van der Waals surface area (Å²) in [5.74, 6) is 1.07. The molecule has 0 bridgehead atoms. The summed E-state index contributed by atoms with van der Waals surface area (Å²) in [6.45, 7) is 0. The lowest BCUT2D eigenvalue weighted by Crippen LogP contribution is -2.12. The van der Waals surface area contributed by atoms with Gasteiger partial charge in [-0.15, -0.1) is 10.2 Å². The van der Waals surface area contributed by atoms with E-state index in [4.69, 9.17) is 17.3 Å². The molecule has 0 fully saturated rings. The van der Waals surface area contributed by atoms with Crippen molar-refractivity contribution in [2.75, 3.05) is 0 Å². The van der Waals surface area contributed by atoms with Crippen molar-refractivity contribution in [3.05, 3.63) is 41.1 Å². The Balaban J connectivity index is 1.68. The molecule has 3 aromatic heterocycles. The third-order valence-corrected chi connectivity index (χ3v) is 4.61. The first-order valence-electron chi connectivity index (χ1n) is 6.95. The van der Waals surface area contributed by atoms with Gasteiger partial charge in [-0.1, -0.05) is 23.4 Å². The van der Waals surface area contributed by atoms with Crippen molar-refractivity contribution in [1.29, 1.82) is 0 Å². The number of hydrogen-bond acceptors (Lipinski definition) is 5. The van der Waals surface area contributed by atoms with Crippen molar-refractivity contribution in [3.8, 4) is 0 Å². The summed E-state index contributed by atoms with van der Waals surface area (Å²) < 4.78 is 3.77. The second-order valence-corrected chi connectivity index (χ2v) is 6.44. The average molecular weight is 351 g/mol. The van der Waals surface area contributed by atoms with Gasteiger partial charge in [0.05, 0.1) is 10.7 Å². The maximum atomic E-state index is 10.9. The number of carbonyl (C=O) groups excluding carboxylic acids is 1. The quantitative estimate of drug-likeness (QED) is 0.685. The Morgan fingerprint density at radius 2 is 2.17 bits per heavy atom. The second-order valence-electron chi connectivity index (χ2n) is 5.06. The molecule has 2 N–H and O–H groups in total. The van der Waals surface area contributed by atoms with Crippen molar-refractivity contribution in [3.63, 3.8) is 0 Å². The van der Waals surface area contributed by atoms with Crippen LogP contribution < -0.4 is 5.73 Å². The number of fused-ring (bicyclic) bond motifs is 1. The highest BCUT2D eigenvalue weighted by Gasteiger charge is 2.11. The molecule has 0 radical (unpaired) electrons. The van der Waals surface area contributed by atoms with Crippen LogP contribution in [0.3, 0.4) is 0 Å². The van der Waals surface area contributed by atoms with Crippen LogP contribution in [0.25, 0.3) is 5.65 Å². The number of aromatic nitrogens is 5. The summed E-state index contributed by atoms with van der Waals surface area (Å²) in [4.78, 5) is 15.4. The van der Waals surface area contributed by atoms with E-state index in [1.807, 2.05) is 40.5 Å². The molecule has 23 heavy (non-hydrogen) atoms. The summed E-state index contributed by atoms with van der Waals surface area (Å²) >= 11 is 7.51. The molecule has 0 aliphatic rings. The highest BCUT2D eigenvalue weighted by atomic mass is 35.5. The fourth-order valence-electron chi connectivity index (χ4n) is 2.15. The van der Waals surface area contributed by atoms with Gasteiger partial charge in [-0.25, -0.2) is 4.98 Å². The largest absolute Gasteiger partial charge is 0.370 e. The van der Waals surface area contributed by atoms with Gasteiger partial charge in [0, 0.05) is 38.0 Å². The molecule has 3 aromatic rings. The van der Waals surface area contributed by atoms with Gasteiger partial charge in [0.2, 0.25) is 5.91 Å². The van der Waals surface area contributed by atoms with Crippen LogP contribution in [0, 0.1) is 0 Å². The lowest BCUT2D eigenvalue weighted by atomic mass is 10.3. The zero-order chi connectivity index (χ0) is 16.4. The Labute approximate surface area is 141 Å². The Morgan fingerprint density at radius 3 is 2.96 bits per heavy atom. The summed E-state index contributed by atoms with van der Waals surface area (Å²) in [6, 6.07) is 3.69. The Morgan fingerprint density at radius 1 is 1.35 bits per heavy atom. The molecular formula is C14H15ClN6OS. The average Bonchev–Trinajstić information content (AvgIpc) is 3.06. The minimum atomic E-state index is -0.342. The molecule has 120 valence electrons. The van der Waals surface area contributed by atoms with Crippen LogP contribution in [0.5, 0.6) is 0 Å². The first-order valence-corrected chi connectivity index (χ1v) is 8.32. The van der Waals surface area contributed by atoms with E-state index in [0.29, 0.717) is 17.2 Å². The van der Waals surface area contributed by atoms with Gasteiger partial charge >= 0.3 is 0 Å². The van der Waals surface area contributed by atoms with Crippen molar-refractivity contribution in [2.45, 2.75) is 23.8 Å². The highest BCUT2D eigenvalue weighted by Crippen LogP contribution is 2.22. The maximum Gasteiger partial charge on any atom is 0.217 e. The van der Waals surface area contributed by atoms with Crippen LogP contribution in [0.1, 0.15) is 17.9 Å². The van der Waals surface area contributed by atoms with Gasteiger partial charge in [-0.05, 0) is 12.1 Å². The van der Waals surface area contributed by atoms with Crippen LogP contribution in [-0.4, -0.2) is 30.1 Å². The first kappa shape index (κ1) is 15.8. The molecule has 0 aliphatic heterocycles. The summed E-state index contributed by atoms with van der Waals surface area (Å²) in [5.41, 5.74) is 6.94. The fraction of sp³-hybridized carbons (Fsp3) is 0.286. The molecule has 1 amide bonds. The normalized spacial score (nSPS) is 11.2. The number of amides is 1. The number of primary amides is 1. The summed E-state index contributed by atoms with van der Waals surface area (Å²) in [7, 11) is 1.88. The number of rotatable bonds is 6. The number of carbonyl (C=O) groups is 1. The fourth-order valence-corrected chi connectivity index (χ4v) is 3.13. The molecular weight excluding hydrogens is 336 g/mol. The number of thioether (sulfide) groups is 1. The van der Waals surface area contributed by atoms with Crippen LogP contribution in [-0.2, 0) is 24.0 Å². The lowest BCUT2D eigenvalue weighted by Gasteiger charge is -2.01. The molecule has 0 spiro atoms. The predicted octanol–water partition coefficient (Wildman–Crippen LogP) is 1.83. The molecule has 0 aromatic carbocycles. The van der Waals surface area contributed by atoms with E-state index >= 15 is 0 Å². The van der Waals surface area contributed by atoms with Crippen molar-refractivity contribution >= 4 is 34.9 Å². The molecule has 0 unspecified atom stereocenters. The van der Waals surface area contributed by atoms with Crippen molar-refractivity contribution in [1.82, 2.24) is 24.1 Å². The molecule has 7 nitrogen and oxygen atoms in total. The molecule has 0 saturated heterocycles. The van der Waals surface area contributed by atoms with Crippen LogP contribution >= 0.6 is 23.4 Å². The number of hydrogen-bond donors (Lipinski definition) is 1. The van der Waals surface area contributed by atoms with Gasteiger partial charge in [0.1, 0.15) is 11.5 Å². The van der Waals surface area contributed by atoms with E-state index in [-0.39, 0.29) is 12.3 Å². The zero-order valence-corrected chi connectivity index (χ0v) is 14.0. The van der Waals surface area contributed by atoms with E-state index in [9.17, 15) is 4.79 Å². The third kappa shape index (κ3) is 3.65. The highest BCUT2D eigenvalue weighted by molar-refractivity contribution is 7.98. The number of aryl methyl sites for hydroxylation is 1. The Bertz CT molecular complexity index is 858. The molecule has 9 heteroatoms. The van der Waals surface area contributed by atoms with Gasteiger partial charge in [0.15, 0.2) is 5.16 Å². The molecule has 0 saturated carbocycles. The first-order chi connectivity index (χ1) is 11.0. The van der Waals surface area contributed by atoms with E-state index < -0.39 is 0 Å². The lowest BCUT2D eigenvalue weighted by molar-refractivity contribution is -0.118. The van der Waals surface area contributed by atoms with Crippen LogP contribution in [0.2, 0.25) is 5.02 Å². The Hall–Kier alpha value is -2.06. The topological polar surface area (TPSA) is 91.1 Å². The Kier molecular flexibility index (Phi) is 4.53. The summed E-state index contributed by atoms with van der Waals surface area (Å²) in [5, 5.41) is 9.69. The number of nitrogens with two attached hydrogens (primary N) is 1. The van der Waals surface area contributed by atoms with E-state index in [0.717, 1.165) is 22.3 Å². The van der Waals surface area contributed by atoms with Crippen LogP contribution in [0.15, 0.2) is 29.7 Å². The van der Waals surface area contributed by atoms with E-state index in [1.165, 1.54) is 11.8 Å². The van der Waals surface area contributed by atoms with Gasteiger partial charge in [-0.2, -0.15) is 0 Å². The standard InChI is InChI=1S/C14H15ClN6OS/c1-20-13(5-3-11(16)22)18-19-14(20)23-8-10-7-21-6-9(15)2-4-12(21)17-10/h2,4,6-7H,3,5,8H2,1H3,(H2,16,22). The van der Waals surface area contributed by atoms with Gasteiger partial charge in [-0.3, -0.25) is 4.79 Å².